The molecule has 3 rings (SSSR count). The number of ether oxygens (including phenoxy) is 3. The number of carbonyl (C=O) groups excluding carboxylic acids is 1. The summed E-state index contributed by atoms with van der Waals surface area (Å²) >= 11 is 0. The summed E-state index contributed by atoms with van der Waals surface area (Å²) in [6.45, 7) is 3.65. The van der Waals surface area contributed by atoms with Crippen molar-refractivity contribution in [1.29, 1.82) is 0 Å². The second kappa shape index (κ2) is 8.22. The van der Waals surface area contributed by atoms with E-state index in [1.54, 1.807) is 19.1 Å². The molecule has 7 heteroatoms. The summed E-state index contributed by atoms with van der Waals surface area (Å²) in [6, 6.07) is 5.76. The number of likely N-dealkylation sites (tertiary alicyclic amines) is 1. The van der Waals surface area contributed by atoms with E-state index in [9.17, 15) is 4.79 Å². The van der Waals surface area contributed by atoms with Crippen molar-refractivity contribution in [3.05, 3.63) is 23.8 Å². The lowest BCUT2D eigenvalue weighted by atomic mass is 9.91. The van der Waals surface area contributed by atoms with Gasteiger partial charge in [0.2, 0.25) is 0 Å². The van der Waals surface area contributed by atoms with Gasteiger partial charge in [-0.25, -0.2) is 4.39 Å². The van der Waals surface area contributed by atoms with Gasteiger partial charge in [-0.05, 0) is 6.07 Å². The molecule has 144 valence electrons. The van der Waals surface area contributed by atoms with Crippen LogP contribution < -0.4 is 9.47 Å². The zero-order valence-electron chi connectivity index (χ0n) is 15.5. The molecule has 0 saturated carbocycles. The molecule has 26 heavy (non-hydrogen) atoms. The van der Waals surface area contributed by atoms with Crippen molar-refractivity contribution in [3.63, 3.8) is 0 Å². The van der Waals surface area contributed by atoms with E-state index in [1.165, 1.54) is 0 Å². The van der Waals surface area contributed by atoms with Crippen molar-refractivity contribution in [2.75, 3.05) is 53.6 Å². The fourth-order valence-corrected chi connectivity index (χ4v) is 3.65. The largest absolute Gasteiger partial charge is 0.493 e. The number of amides is 1. The number of methoxy groups -OCH3 is 2. The molecule has 1 aromatic carbocycles. The molecule has 0 spiro atoms. The molecule has 0 aliphatic carbocycles. The number of rotatable bonds is 5. The average Bonchev–Trinajstić information content (AvgIpc) is 2.69. The van der Waals surface area contributed by atoms with Gasteiger partial charge in [-0.3, -0.25) is 9.69 Å². The number of piperidine rings is 1. The van der Waals surface area contributed by atoms with Crippen LogP contribution in [0.3, 0.4) is 0 Å². The van der Waals surface area contributed by atoms with Crippen LogP contribution in [-0.4, -0.2) is 75.0 Å². The van der Waals surface area contributed by atoms with Crippen molar-refractivity contribution in [3.8, 4) is 11.5 Å². The fraction of sp³-hybridized carbons (Fsp3) is 0.632. The third-order valence-electron chi connectivity index (χ3n) is 5.21. The smallest absolute Gasteiger partial charge is 0.260 e. The fourth-order valence-electron chi connectivity index (χ4n) is 3.65. The first kappa shape index (κ1) is 18.9. The van der Waals surface area contributed by atoms with Crippen molar-refractivity contribution in [2.24, 2.45) is 0 Å². The van der Waals surface area contributed by atoms with Gasteiger partial charge in [0.05, 0.1) is 27.4 Å². The number of carbonyl (C=O) groups is 1. The molecular formula is C19H27FN2O4. The summed E-state index contributed by atoms with van der Waals surface area (Å²) in [4.78, 5) is 16.3. The monoisotopic (exact) mass is 366 g/mol. The van der Waals surface area contributed by atoms with E-state index in [0.29, 0.717) is 57.4 Å². The molecule has 0 N–H and O–H groups in total. The first-order chi connectivity index (χ1) is 12.6. The van der Waals surface area contributed by atoms with Crippen LogP contribution in [0.5, 0.6) is 11.5 Å². The number of nitrogens with zero attached hydrogens (tertiary/aromatic N) is 2. The van der Waals surface area contributed by atoms with E-state index in [2.05, 4.69) is 4.90 Å². The molecular weight excluding hydrogens is 339 g/mol. The quantitative estimate of drug-likeness (QED) is 0.796. The lowest BCUT2D eigenvalue weighted by molar-refractivity contribution is -0.151. The van der Waals surface area contributed by atoms with E-state index in [1.807, 2.05) is 18.2 Å². The summed E-state index contributed by atoms with van der Waals surface area (Å²) < 4.78 is 31.3. The minimum atomic E-state index is -1.76. The van der Waals surface area contributed by atoms with Gasteiger partial charge >= 0.3 is 0 Å². The van der Waals surface area contributed by atoms with E-state index in [4.69, 9.17) is 14.2 Å². The molecule has 0 bridgehead atoms. The highest BCUT2D eigenvalue weighted by Crippen LogP contribution is 2.34. The Morgan fingerprint density at radius 1 is 1.15 bits per heavy atom. The van der Waals surface area contributed by atoms with Gasteiger partial charge in [-0.15, -0.1) is 0 Å². The Labute approximate surface area is 153 Å². The van der Waals surface area contributed by atoms with Gasteiger partial charge in [-0.2, -0.15) is 0 Å². The topological polar surface area (TPSA) is 51.2 Å². The SMILES string of the molecule is COc1cccc(CN2CCC(F)(C(=O)N3CCOCC3)CC2)c1OC. The van der Waals surface area contributed by atoms with Crippen LogP contribution in [0.1, 0.15) is 18.4 Å². The lowest BCUT2D eigenvalue weighted by Gasteiger charge is -2.39. The molecule has 2 heterocycles. The van der Waals surface area contributed by atoms with Crippen LogP contribution in [0.4, 0.5) is 4.39 Å². The molecule has 2 saturated heterocycles. The maximum absolute atomic E-state index is 15.2. The van der Waals surface area contributed by atoms with E-state index in [0.717, 1.165) is 5.56 Å². The minimum Gasteiger partial charge on any atom is -0.493 e. The van der Waals surface area contributed by atoms with Gasteiger partial charge in [-0.1, -0.05) is 12.1 Å². The van der Waals surface area contributed by atoms with Gasteiger partial charge in [0.1, 0.15) is 0 Å². The number of hydrogen-bond acceptors (Lipinski definition) is 5. The van der Waals surface area contributed by atoms with Crippen LogP contribution in [0.15, 0.2) is 18.2 Å². The predicted molar refractivity (Wildman–Crippen MR) is 95.3 cm³/mol. The minimum absolute atomic E-state index is 0.218. The van der Waals surface area contributed by atoms with Gasteiger partial charge in [0, 0.05) is 51.1 Å². The summed E-state index contributed by atoms with van der Waals surface area (Å²) in [5.74, 6) is 1.01. The van der Waals surface area contributed by atoms with Gasteiger partial charge in [0.25, 0.3) is 5.91 Å². The van der Waals surface area contributed by atoms with Crippen LogP contribution in [0.2, 0.25) is 0 Å². The van der Waals surface area contributed by atoms with Crippen LogP contribution in [0.25, 0.3) is 0 Å². The van der Waals surface area contributed by atoms with Crippen LogP contribution in [0, 0.1) is 0 Å². The molecule has 1 amide bonds. The van der Waals surface area contributed by atoms with Crippen molar-refractivity contribution in [1.82, 2.24) is 9.80 Å². The Hall–Kier alpha value is -1.86. The molecule has 2 fully saturated rings. The van der Waals surface area contributed by atoms with E-state index < -0.39 is 5.67 Å². The average molecular weight is 366 g/mol. The first-order valence-corrected chi connectivity index (χ1v) is 9.05. The Balaban J connectivity index is 1.61. The first-order valence-electron chi connectivity index (χ1n) is 9.05. The number of morpholine rings is 1. The Morgan fingerprint density at radius 2 is 1.85 bits per heavy atom. The third kappa shape index (κ3) is 3.94. The standard InChI is InChI=1S/C19H27FN2O4/c1-24-16-5-3-4-15(17(16)25-2)14-21-8-6-19(20,7-9-21)18(23)22-10-12-26-13-11-22/h3-5H,6-14H2,1-2H3. The summed E-state index contributed by atoms with van der Waals surface area (Å²) in [7, 11) is 3.22. The summed E-state index contributed by atoms with van der Waals surface area (Å²) in [5.41, 5.74) is -0.760. The van der Waals surface area contributed by atoms with Crippen LogP contribution >= 0.6 is 0 Å². The molecule has 6 nitrogen and oxygen atoms in total. The summed E-state index contributed by atoms with van der Waals surface area (Å²) in [5, 5.41) is 0. The highest BCUT2D eigenvalue weighted by Gasteiger charge is 2.44. The molecule has 0 aromatic heterocycles. The summed E-state index contributed by atoms with van der Waals surface area (Å²) in [6.07, 6.45) is 0.435. The zero-order valence-corrected chi connectivity index (χ0v) is 15.5. The molecule has 2 aliphatic heterocycles. The van der Waals surface area contributed by atoms with E-state index >= 15 is 4.39 Å². The van der Waals surface area contributed by atoms with E-state index in [-0.39, 0.29) is 18.7 Å². The Morgan fingerprint density at radius 3 is 2.46 bits per heavy atom. The highest BCUT2D eigenvalue weighted by molar-refractivity contribution is 5.85. The molecule has 0 atom stereocenters. The zero-order chi connectivity index (χ0) is 18.6. The lowest BCUT2D eigenvalue weighted by Crippen LogP contribution is -2.54. The number of para-hydroxylation sites is 1. The maximum atomic E-state index is 15.2. The number of alkyl halides is 1. The highest BCUT2D eigenvalue weighted by atomic mass is 19.1. The maximum Gasteiger partial charge on any atom is 0.260 e. The second-order valence-electron chi connectivity index (χ2n) is 6.80. The number of halogens is 1. The van der Waals surface area contributed by atoms with Crippen molar-refractivity contribution >= 4 is 5.91 Å². The van der Waals surface area contributed by atoms with Crippen LogP contribution in [-0.2, 0) is 16.1 Å². The van der Waals surface area contributed by atoms with Crippen molar-refractivity contribution in [2.45, 2.75) is 25.1 Å². The van der Waals surface area contributed by atoms with Gasteiger partial charge < -0.3 is 19.1 Å². The Kier molecular flexibility index (Phi) is 5.98. The van der Waals surface area contributed by atoms with Gasteiger partial charge in [0.15, 0.2) is 17.2 Å². The molecule has 0 radical (unpaired) electrons. The Bertz CT molecular complexity index is 626. The molecule has 1 aromatic rings. The molecule has 2 aliphatic rings. The third-order valence-corrected chi connectivity index (χ3v) is 5.21. The number of hydrogen-bond donors (Lipinski definition) is 0. The number of benzene rings is 1. The molecule has 0 unspecified atom stereocenters. The van der Waals surface area contributed by atoms with Crippen molar-refractivity contribution < 1.29 is 23.4 Å². The second-order valence-corrected chi connectivity index (χ2v) is 6.80. The predicted octanol–water partition coefficient (Wildman–Crippen LogP) is 1.87. The normalized spacial score (nSPS) is 20.7.